The molecule has 0 aromatic heterocycles. The molecule has 1 heteroatoms. The maximum Gasteiger partial charge on any atom is 0.0459 e. The lowest BCUT2D eigenvalue weighted by molar-refractivity contribution is 0.540. The molecule has 0 aliphatic heterocycles. The van der Waals surface area contributed by atoms with Crippen molar-refractivity contribution in [3.05, 3.63) is 35.9 Å². The first-order chi connectivity index (χ1) is 6.64. The van der Waals surface area contributed by atoms with Gasteiger partial charge >= 0.3 is 0 Å². The van der Waals surface area contributed by atoms with E-state index in [2.05, 4.69) is 38.1 Å². The van der Waals surface area contributed by atoms with Gasteiger partial charge in [0.1, 0.15) is 0 Å². The lowest BCUT2D eigenvalue weighted by atomic mass is 9.95. The van der Waals surface area contributed by atoms with Crippen LogP contribution in [0.5, 0.6) is 0 Å². The van der Waals surface area contributed by atoms with E-state index in [0.717, 1.165) is 12.8 Å². The van der Waals surface area contributed by atoms with Crippen molar-refractivity contribution in [3.63, 3.8) is 0 Å². The van der Waals surface area contributed by atoms with Crippen molar-refractivity contribution in [2.24, 2.45) is 0 Å². The third-order valence-corrected chi connectivity index (χ3v) is 2.79. The van der Waals surface area contributed by atoms with Gasteiger partial charge < -0.3 is 0 Å². The van der Waals surface area contributed by atoms with Crippen molar-refractivity contribution in [1.82, 2.24) is 0 Å². The number of unbranched alkanes of at least 4 members (excludes halogenated alkanes) is 1. The van der Waals surface area contributed by atoms with Crippen molar-refractivity contribution < 1.29 is 0 Å². The standard InChI is InChI=1S/C13H19Cl/c1-3-4-10-13(2,14)11-12-8-6-5-7-9-12/h5-9H,3-4,10-11H2,1-2H3. The summed E-state index contributed by atoms with van der Waals surface area (Å²) in [7, 11) is 0. The Balaban J connectivity index is 2.50. The third-order valence-electron chi connectivity index (χ3n) is 2.47. The highest BCUT2D eigenvalue weighted by molar-refractivity contribution is 6.23. The van der Waals surface area contributed by atoms with Crippen LogP contribution in [0.4, 0.5) is 0 Å². The van der Waals surface area contributed by atoms with Gasteiger partial charge in [0, 0.05) is 4.87 Å². The third kappa shape index (κ3) is 4.15. The highest BCUT2D eigenvalue weighted by Crippen LogP contribution is 2.26. The molecule has 0 heterocycles. The van der Waals surface area contributed by atoms with Gasteiger partial charge in [-0.3, -0.25) is 0 Å². The second-order valence-electron chi connectivity index (χ2n) is 4.18. The fourth-order valence-electron chi connectivity index (χ4n) is 1.66. The summed E-state index contributed by atoms with van der Waals surface area (Å²) in [5, 5.41) is 0. The monoisotopic (exact) mass is 210 g/mol. The van der Waals surface area contributed by atoms with E-state index in [1.807, 2.05) is 6.07 Å². The molecular weight excluding hydrogens is 192 g/mol. The number of rotatable bonds is 5. The van der Waals surface area contributed by atoms with Crippen LogP contribution in [-0.4, -0.2) is 4.87 Å². The fraction of sp³-hybridized carbons (Fsp3) is 0.538. The molecule has 0 saturated carbocycles. The SMILES string of the molecule is CCCCC(C)(Cl)Cc1ccccc1. The van der Waals surface area contributed by atoms with E-state index >= 15 is 0 Å². The van der Waals surface area contributed by atoms with Gasteiger partial charge in [0.2, 0.25) is 0 Å². The smallest absolute Gasteiger partial charge is 0.0459 e. The molecule has 0 nitrogen and oxygen atoms in total. The van der Waals surface area contributed by atoms with E-state index in [1.165, 1.54) is 18.4 Å². The van der Waals surface area contributed by atoms with Crippen LogP contribution in [-0.2, 0) is 6.42 Å². The molecule has 0 aliphatic carbocycles. The number of benzene rings is 1. The zero-order valence-electron chi connectivity index (χ0n) is 9.09. The number of alkyl halides is 1. The van der Waals surface area contributed by atoms with E-state index in [1.54, 1.807) is 0 Å². The molecule has 1 aromatic rings. The molecule has 0 fully saturated rings. The molecule has 14 heavy (non-hydrogen) atoms. The van der Waals surface area contributed by atoms with Gasteiger partial charge in [-0.2, -0.15) is 0 Å². The van der Waals surface area contributed by atoms with Crippen LogP contribution in [0.3, 0.4) is 0 Å². The normalized spacial score (nSPS) is 15.1. The number of halogens is 1. The summed E-state index contributed by atoms with van der Waals surface area (Å²) in [5.74, 6) is 0. The van der Waals surface area contributed by atoms with Crippen molar-refractivity contribution in [1.29, 1.82) is 0 Å². The van der Waals surface area contributed by atoms with Gasteiger partial charge in [-0.15, -0.1) is 11.6 Å². The molecule has 0 spiro atoms. The first kappa shape index (κ1) is 11.6. The first-order valence-electron chi connectivity index (χ1n) is 5.37. The topological polar surface area (TPSA) is 0 Å². The lowest BCUT2D eigenvalue weighted by Crippen LogP contribution is -2.19. The van der Waals surface area contributed by atoms with Crippen LogP contribution in [0.25, 0.3) is 0 Å². The number of hydrogen-bond acceptors (Lipinski definition) is 0. The quantitative estimate of drug-likeness (QED) is 0.632. The van der Waals surface area contributed by atoms with Crippen molar-refractivity contribution in [2.75, 3.05) is 0 Å². The van der Waals surface area contributed by atoms with Gasteiger partial charge in [0.05, 0.1) is 0 Å². The molecule has 78 valence electrons. The molecule has 1 aromatic carbocycles. The van der Waals surface area contributed by atoms with E-state index in [4.69, 9.17) is 11.6 Å². The van der Waals surface area contributed by atoms with Crippen LogP contribution in [0.2, 0.25) is 0 Å². The highest BCUT2D eigenvalue weighted by atomic mass is 35.5. The van der Waals surface area contributed by atoms with E-state index in [-0.39, 0.29) is 4.87 Å². The minimum atomic E-state index is -0.0721. The average Bonchev–Trinajstić information content (AvgIpc) is 2.16. The number of hydrogen-bond donors (Lipinski definition) is 0. The van der Waals surface area contributed by atoms with Gasteiger partial charge in [-0.05, 0) is 25.3 Å². The zero-order chi connectivity index (χ0) is 10.4. The van der Waals surface area contributed by atoms with Gasteiger partial charge in [0.25, 0.3) is 0 Å². The van der Waals surface area contributed by atoms with E-state index in [0.29, 0.717) is 0 Å². The Bertz CT molecular complexity index is 251. The summed E-state index contributed by atoms with van der Waals surface area (Å²) >= 11 is 6.45. The van der Waals surface area contributed by atoms with Crippen LogP contribution in [0.1, 0.15) is 38.7 Å². The van der Waals surface area contributed by atoms with Crippen LogP contribution in [0, 0.1) is 0 Å². The van der Waals surface area contributed by atoms with Crippen molar-refractivity contribution in [3.8, 4) is 0 Å². The van der Waals surface area contributed by atoms with Crippen LogP contribution >= 0.6 is 11.6 Å². The molecule has 1 rings (SSSR count). The summed E-state index contributed by atoms with van der Waals surface area (Å²) in [5.41, 5.74) is 1.33. The predicted molar refractivity (Wildman–Crippen MR) is 63.9 cm³/mol. The lowest BCUT2D eigenvalue weighted by Gasteiger charge is -2.21. The minimum absolute atomic E-state index is 0.0721. The molecular formula is C13H19Cl. The molecule has 0 saturated heterocycles. The largest absolute Gasteiger partial charge is 0.119 e. The molecule has 0 aliphatic rings. The van der Waals surface area contributed by atoms with Crippen molar-refractivity contribution >= 4 is 11.6 Å². The minimum Gasteiger partial charge on any atom is -0.119 e. The van der Waals surface area contributed by atoms with E-state index < -0.39 is 0 Å². The summed E-state index contributed by atoms with van der Waals surface area (Å²) < 4.78 is 0. The molecule has 1 unspecified atom stereocenters. The summed E-state index contributed by atoms with van der Waals surface area (Å²) in [6.45, 7) is 4.34. The molecule has 0 N–H and O–H groups in total. The maximum absolute atomic E-state index is 6.45. The van der Waals surface area contributed by atoms with E-state index in [9.17, 15) is 0 Å². The molecule has 1 atom stereocenters. The maximum atomic E-state index is 6.45. The fourth-order valence-corrected chi connectivity index (χ4v) is 1.94. The second kappa shape index (κ2) is 5.41. The van der Waals surface area contributed by atoms with Gasteiger partial charge in [-0.1, -0.05) is 50.1 Å². The zero-order valence-corrected chi connectivity index (χ0v) is 9.85. The second-order valence-corrected chi connectivity index (χ2v) is 5.09. The predicted octanol–water partition coefficient (Wildman–Crippen LogP) is 4.42. The Labute approximate surface area is 92.3 Å². The highest BCUT2D eigenvalue weighted by Gasteiger charge is 2.20. The Morgan fingerprint density at radius 3 is 2.43 bits per heavy atom. The van der Waals surface area contributed by atoms with Gasteiger partial charge in [0.15, 0.2) is 0 Å². The summed E-state index contributed by atoms with van der Waals surface area (Å²) in [4.78, 5) is -0.0721. The summed E-state index contributed by atoms with van der Waals surface area (Å²) in [6, 6.07) is 10.5. The first-order valence-corrected chi connectivity index (χ1v) is 5.75. The summed E-state index contributed by atoms with van der Waals surface area (Å²) in [6.07, 6.45) is 4.50. The molecule has 0 bridgehead atoms. The molecule has 0 radical (unpaired) electrons. The van der Waals surface area contributed by atoms with Crippen molar-refractivity contribution in [2.45, 2.75) is 44.4 Å². The van der Waals surface area contributed by atoms with Gasteiger partial charge in [-0.25, -0.2) is 0 Å². The Morgan fingerprint density at radius 1 is 1.21 bits per heavy atom. The Kier molecular flexibility index (Phi) is 4.47. The van der Waals surface area contributed by atoms with Crippen LogP contribution < -0.4 is 0 Å². The Morgan fingerprint density at radius 2 is 1.86 bits per heavy atom. The average molecular weight is 211 g/mol. The van der Waals surface area contributed by atoms with Crippen LogP contribution in [0.15, 0.2) is 30.3 Å². The Hall–Kier alpha value is -0.490. The molecule has 0 amide bonds.